The molecular formula is C10H12F4N2S. The number of halogens is 4. The Labute approximate surface area is 101 Å². The standard InChI is InChI=1S/C10H12F4N2S/c1-7(8-4-9(11)6-15-5-8)16-2-3-17-10(12,13)14/h4-7,16H,2-3H2,1H3. The number of nitrogens with one attached hydrogen (secondary N) is 1. The van der Waals surface area contributed by atoms with Gasteiger partial charge in [0.1, 0.15) is 5.82 Å². The van der Waals surface area contributed by atoms with Crippen LogP contribution in [0, 0.1) is 5.82 Å². The highest BCUT2D eigenvalue weighted by Gasteiger charge is 2.27. The van der Waals surface area contributed by atoms with Gasteiger partial charge in [-0.05, 0) is 30.3 Å². The maximum atomic E-state index is 12.8. The predicted octanol–water partition coefficient (Wildman–Crippen LogP) is 3.12. The lowest BCUT2D eigenvalue weighted by Crippen LogP contribution is -2.22. The van der Waals surface area contributed by atoms with Gasteiger partial charge in [0.15, 0.2) is 0 Å². The van der Waals surface area contributed by atoms with Crippen molar-refractivity contribution in [3.05, 3.63) is 29.8 Å². The van der Waals surface area contributed by atoms with E-state index in [0.29, 0.717) is 5.56 Å². The summed E-state index contributed by atoms with van der Waals surface area (Å²) in [6.45, 7) is 1.94. The molecule has 1 aromatic heterocycles. The molecule has 1 N–H and O–H groups in total. The summed E-state index contributed by atoms with van der Waals surface area (Å²) in [6, 6.07) is 1.08. The molecule has 1 aromatic rings. The third kappa shape index (κ3) is 5.88. The Kier molecular flexibility index (Phi) is 5.20. The Morgan fingerprint density at radius 2 is 2.12 bits per heavy atom. The van der Waals surface area contributed by atoms with Crippen molar-refractivity contribution < 1.29 is 17.6 Å². The highest BCUT2D eigenvalue weighted by molar-refractivity contribution is 8.00. The molecule has 0 spiro atoms. The second-order valence-electron chi connectivity index (χ2n) is 3.41. The minimum atomic E-state index is -4.20. The molecule has 17 heavy (non-hydrogen) atoms. The summed E-state index contributed by atoms with van der Waals surface area (Å²) in [7, 11) is 0. The van der Waals surface area contributed by atoms with Crippen LogP contribution in [0.4, 0.5) is 17.6 Å². The van der Waals surface area contributed by atoms with Crippen molar-refractivity contribution in [2.75, 3.05) is 12.3 Å². The molecule has 1 atom stereocenters. The van der Waals surface area contributed by atoms with Crippen molar-refractivity contribution in [3.63, 3.8) is 0 Å². The summed E-state index contributed by atoms with van der Waals surface area (Å²) in [4.78, 5) is 3.67. The van der Waals surface area contributed by atoms with Gasteiger partial charge >= 0.3 is 5.51 Å². The first-order valence-electron chi connectivity index (χ1n) is 4.93. The third-order valence-corrected chi connectivity index (χ3v) is 2.78. The van der Waals surface area contributed by atoms with Gasteiger partial charge in [0.2, 0.25) is 0 Å². The van der Waals surface area contributed by atoms with Crippen LogP contribution in [0.25, 0.3) is 0 Å². The van der Waals surface area contributed by atoms with E-state index in [1.54, 1.807) is 6.92 Å². The van der Waals surface area contributed by atoms with Gasteiger partial charge in [0.05, 0.1) is 6.20 Å². The van der Waals surface area contributed by atoms with Gasteiger partial charge in [-0.15, -0.1) is 0 Å². The van der Waals surface area contributed by atoms with Gasteiger partial charge in [0.25, 0.3) is 0 Å². The largest absolute Gasteiger partial charge is 0.441 e. The van der Waals surface area contributed by atoms with Crippen LogP contribution in [0.1, 0.15) is 18.5 Å². The van der Waals surface area contributed by atoms with E-state index >= 15 is 0 Å². The lowest BCUT2D eigenvalue weighted by Gasteiger charge is -2.14. The van der Waals surface area contributed by atoms with E-state index in [4.69, 9.17) is 0 Å². The second kappa shape index (κ2) is 6.20. The first-order chi connectivity index (χ1) is 7.88. The molecule has 1 rings (SSSR count). The van der Waals surface area contributed by atoms with E-state index < -0.39 is 11.3 Å². The van der Waals surface area contributed by atoms with Crippen molar-refractivity contribution in [2.24, 2.45) is 0 Å². The zero-order valence-corrected chi connectivity index (χ0v) is 9.91. The fourth-order valence-corrected chi connectivity index (χ4v) is 1.68. The Hall–Kier alpha value is -0.820. The smallest absolute Gasteiger partial charge is 0.309 e. The number of alkyl halides is 3. The van der Waals surface area contributed by atoms with Gasteiger partial charge in [0, 0.05) is 24.5 Å². The molecule has 0 amide bonds. The molecule has 0 aliphatic heterocycles. The number of aromatic nitrogens is 1. The summed E-state index contributed by atoms with van der Waals surface area (Å²) >= 11 is -0.0783. The SMILES string of the molecule is CC(NCCSC(F)(F)F)c1cncc(F)c1. The van der Waals surface area contributed by atoms with Crippen molar-refractivity contribution in [1.82, 2.24) is 10.3 Å². The number of hydrogen-bond donors (Lipinski definition) is 1. The fraction of sp³-hybridized carbons (Fsp3) is 0.500. The Morgan fingerprint density at radius 1 is 1.41 bits per heavy atom. The average molecular weight is 268 g/mol. The molecule has 0 aromatic carbocycles. The van der Waals surface area contributed by atoms with E-state index in [0.717, 1.165) is 6.20 Å². The summed E-state index contributed by atoms with van der Waals surface area (Å²) < 4.78 is 48.3. The zero-order valence-electron chi connectivity index (χ0n) is 9.09. The quantitative estimate of drug-likeness (QED) is 0.656. The van der Waals surface area contributed by atoms with Gasteiger partial charge in [-0.2, -0.15) is 13.2 Å². The van der Waals surface area contributed by atoms with Gasteiger partial charge < -0.3 is 5.32 Å². The van der Waals surface area contributed by atoms with E-state index in [1.807, 2.05) is 0 Å². The highest BCUT2D eigenvalue weighted by atomic mass is 32.2. The molecule has 0 saturated carbocycles. The molecule has 0 bridgehead atoms. The minimum absolute atomic E-state index is 0.0728. The van der Waals surface area contributed by atoms with Crippen LogP contribution in [-0.4, -0.2) is 22.8 Å². The van der Waals surface area contributed by atoms with Gasteiger partial charge in [-0.3, -0.25) is 4.98 Å². The maximum Gasteiger partial charge on any atom is 0.441 e. The summed E-state index contributed by atoms with van der Waals surface area (Å²) in [6.07, 6.45) is 2.56. The molecule has 0 saturated heterocycles. The molecular weight excluding hydrogens is 256 g/mol. The Balaban J connectivity index is 2.33. The topological polar surface area (TPSA) is 24.9 Å². The van der Waals surface area contributed by atoms with Crippen LogP contribution in [0.3, 0.4) is 0 Å². The molecule has 0 aliphatic carbocycles. The lowest BCUT2D eigenvalue weighted by molar-refractivity contribution is -0.0327. The molecule has 7 heteroatoms. The Morgan fingerprint density at radius 3 is 2.71 bits per heavy atom. The lowest BCUT2D eigenvalue weighted by atomic mass is 10.1. The van der Waals surface area contributed by atoms with Crippen molar-refractivity contribution in [3.8, 4) is 0 Å². The number of hydrogen-bond acceptors (Lipinski definition) is 3. The molecule has 96 valence electrons. The Bertz CT molecular complexity index is 356. The number of nitrogens with zero attached hydrogens (tertiary/aromatic N) is 1. The maximum absolute atomic E-state index is 12.8. The third-order valence-electron chi connectivity index (χ3n) is 2.04. The first-order valence-corrected chi connectivity index (χ1v) is 5.91. The number of pyridine rings is 1. The van der Waals surface area contributed by atoms with E-state index in [1.165, 1.54) is 12.3 Å². The first kappa shape index (κ1) is 14.2. The molecule has 0 fully saturated rings. The van der Waals surface area contributed by atoms with Crippen molar-refractivity contribution in [2.45, 2.75) is 18.5 Å². The molecule has 1 unspecified atom stereocenters. The monoisotopic (exact) mass is 268 g/mol. The van der Waals surface area contributed by atoms with Crippen LogP contribution in [0.5, 0.6) is 0 Å². The normalized spacial score (nSPS) is 13.7. The summed E-state index contributed by atoms with van der Waals surface area (Å²) in [5, 5.41) is 2.87. The molecule has 1 heterocycles. The van der Waals surface area contributed by atoms with Crippen LogP contribution in [0.15, 0.2) is 18.5 Å². The summed E-state index contributed by atoms with van der Waals surface area (Å²) in [5.74, 6) is -0.530. The van der Waals surface area contributed by atoms with E-state index in [-0.39, 0.29) is 30.1 Å². The number of thioether (sulfide) groups is 1. The highest BCUT2D eigenvalue weighted by Crippen LogP contribution is 2.29. The number of rotatable bonds is 5. The molecule has 0 aliphatic rings. The van der Waals surface area contributed by atoms with Crippen LogP contribution in [0.2, 0.25) is 0 Å². The van der Waals surface area contributed by atoms with Crippen molar-refractivity contribution >= 4 is 11.8 Å². The second-order valence-corrected chi connectivity index (χ2v) is 4.57. The fourth-order valence-electron chi connectivity index (χ4n) is 1.23. The molecule has 2 nitrogen and oxygen atoms in total. The van der Waals surface area contributed by atoms with Crippen LogP contribution in [-0.2, 0) is 0 Å². The summed E-state index contributed by atoms with van der Waals surface area (Å²) in [5.41, 5.74) is -3.59. The van der Waals surface area contributed by atoms with Crippen molar-refractivity contribution in [1.29, 1.82) is 0 Å². The van der Waals surface area contributed by atoms with Crippen LogP contribution < -0.4 is 5.32 Å². The van der Waals surface area contributed by atoms with E-state index in [9.17, 15) is 17.6 Å². The average Bonchev–Trinajstić information content (AvgIpc) is 2.23. The zero-order chi connectivity index (χ0) is 12.9. The van der Waals surface area contributed by atoms with Gasteiger partial charge in [-0.25, -0.2) is 4.39 Å². The predicted molar refractivity (Wildman–Crippen MR) is 59.1 cm³/mol. The minimum Gasteiger partial charge on any atom is -0.309 e. The van der Waals surface area contributed by atoms with Gasteiger partial charge in [-0.1, -0.05) is 0 Å². The molecule has 0 radical (unpaired) electrons. The van der Waals surface area contributed by atoms with E-state index in [2.05, 4.69) is 10.3 Å². The van der Waals surface area contributed by atoms with Crippen LogP contribution >= 0.6 is 11.8 Å².